The number of hydrogen-bond acceptors (Lipinski definition) is 2. The number of ether oxygens (including phenoxy) is 1. The van der Waals surface area contributed by atoms with Gasteiger partial charge in [0.15, 0.2) is 0 Å². The zero-order valence-electron chi connectivity index (χ0n) is 9.06. The fourth-order valence-electron chi connectivity index (χ4n) is 1.39. The molecule has 1 rings (SSSR count). The van der Waals surface area contributed by atoms with Crippen LogP contribution in [0.2, 0.25) is 0 Å². The van der Waals surface area contributed by atoms with Crippen LogP contribution in [0.25, 0.3) is 0 Å². The second-order valence-electron chi connectivity index (χ2n) is 3.48. The van der Waals surface area contributed by atoms with Crippen molar-refractivity contribution in [3.63, 3.8) is 0 Å². The number of hydrogen-bond donors (Lipinski definition) is 1. The third-order valence-electron chi connectivity index (χ3n) is 2.22. The smallest absolute Gasteiger partial charge is 0.306 e. The molecule has 0 aliphatic rings. The summed E-state index contributed by atoms with van der Waals surface area (Å²) in [5.41, 5.74) is 0.953. The van der Waals surface area contributed by atoms with Crippen LogP contribution >= 0.6 is 0 Å². The second-order valence-corrected chi connectivity index (χ2v) is 3.48. The zero-order valence-corrected chi connectivity index (χ0v) is 9.06. The molecule has 1 aromatic rings. The van der Waals surface area contributed by atoms with E-state index in [2.05, 4.69) is 0 Å². The third-order valence-corrected chi connectivity index (χ3v) is 2.22. The molecule has 0 amide bonds. The molecule has 15 heavy (non-hydrogen) atoms. The summed E-state index contributed by atoms with van der Waals surface area (Å²) in [6, 6.07) is 7.56. The van der Waals surface area contributed by atoms with Crippen LogP contribution in [-0.4, -0.2) is 17.7 Å². The van der Waals surface area contributed by atoms with E-state index in [0.29, 0.717) is 13.0 Å². The number of carboxylic acids is 1. The Hall–Kier alpha value is -1.51. The topological polar surface area (TPSA) is 46.5 Å². The fraction of sp³-hybridized carbons (Fsp3) is 0.417. The molecule has 0 spiro atoms. The van der Waals surface area contributed by atoms with Gasteiger partial charge in [0, 0.05) is 0 Å². The lowest BCUT2D eigenvalue weighted by atomic mass is 10.0. The van der Waals surface area contributed by atoms with Gasteiger partial charge in [-0.3, -0.25) is 4.79 Å². The predicted octanol–water partition coefficient (Wildman–Crippen LogP) is 2.35. The van der Waals surface area contributed by atoms with Gasteiger partial charge in [-0.15, -0.1) is 0 Å². The monoisotopic (exact) mass is 208 g/mol. The largest absolute Gasteiger partial charge is 0.494 e. The van der Waals surface area contributed by atoms with Crippen molar-refractivity contribution in [3.05, 3.63) is 29.8 Å². The molecule has 0 aliphatic carbocycles. The van der Waals surface area contributed by atoms with Crippen molar-refractivity contribution in [2.24, 2.45) is 5.92 Å². The average Bonchev–Trinajstić information content (AvgIpc) is 2.21. The lowest BCUT2D eigenvalue weighted by molar-refractivity contribution is -0.141. The summed E-state index contributed by atoms with van der Waals surface area (Å²) in [6.45, 7) is 4.21. The number of para-hydroxylation sites is 1. The van der Waals surface area contributed by atoms with Crippen LogP contribution in [0.15, 0.2) is 24.3 Å². The van der Waals surface area contributed by atoms with E-state index in [1.807, 2.05) is 31.2 Å². The molecule has 0 saturated carbocycles. The first kappa shape index (κ1) is 11.6. The number of carbonyl (C=O) groups is 1. The van der Waals surface area contributed by atoms with Crippen LogP contribution < -0.4 is 4.74 Å². The minimum Gasteiger partial charge on any atom is -0.494 e. The van der Waals surface area contributed by atoms with Gasteiger partial charge in [0.2, 0.25) is 0 Å². The first-order valence-electron chi connectivity index (χ1n) is 5.08. The highest BCUT2D eigenvalue weighted by molar-refractivity contribution is 5.70. The van der Waals surface area contributed by atoms with Crippen molar-refractivity contribution in [3.8, 4) is 5.75 Å². The summed E-state index contributed by atoms with van der Waals surface area (Å²) >= 11 is 0. The molecule has 1 atom stereocenters. The van der Waals surface area contributed by atoms with Crippen molar-refractivity contribution in [1.29, 1.82) is 0 Å². The Kier molecular flexibility index (Phi) is 4.16. The molecule has 0 bridgehead atoms. The number of benzene rings is 1. The fourth-order valence-corrected chi connectivity index (χ4v) is 1.39. The van der Waals surface area contributed by atoms with Crippen LogP contribution in [0, 0.1) is 5.92 Å². The van der Waals surface area contributed by atoms with Gasteiger partial charge in [0.25, 0.3) is 0 Å². The first-order chi connectivity index (χ1) is 7.15. The lowest BCUT2D eigenvalue weighted by Crippen LogP contribution is -2.13. The predicted molar refractivity (Wildman–Crippen MR) is 58.1 cm³/mol. The molecule has 0 heterocycles. The minimum absolute atomic E-state index is 0.383. The Morgan fingerprint density at radius 1 is 1.47 bits per heavy atom. The van der Waals surface area contributed by atoms with E-state index < -0.39 is 5.97 Å². The number of carboxylic acid groups (broad SMARTS) is 1. The van der Waals surface area contributed by atoms with Crippen LogP contribution in [0.4, 0.5) is 0 Å². The van der Waals surface area contributed by atoms with E-state index >= 15 is 0 Å². The van der Waals surface area contributed by atoms with Gasteiger partial charge in [0.1, 0.15) is 5.75 Å². The molecule has 1 N–H and O–H groups in total. The Morgan fingerprint density at radius 3 is 2.73 bits per heavy atom. The van der Waals surface area contributed by atoms with Gasteiger partial charge in [-0.2, -0.15) is 0 Å². The Bertz CT molecular complexity index is 333. The third kappa shape index (κ3) is 3.27. The van der Waals surface area contributed by atoms with Gasteiger partial charge < -0.3 is 9.84 Å². The molecule has 1 unspecified atom stereocenters. The highest BCUT2D eigenvalue weighted by Crippen LogP contribution is 2.21. The first-order valence-corrected chi connectivity index (χ1v) is 5.08. The zero-order chi connectivity index (χ0) is 11.3. The van der Waals surface area contributed by atoms with Crippen molar-refractivity contribution >= 4 is 5.97 Å². The quantitative estimate of drug-likeness (QED) is 0.807. The molecular weight excluding hydrogens is 192 g/mol. The normalized spacial score (nSPS) is 12.1. The van der Waals surface area contributed by atoms with Crippen LogP contribution in [0.3, 0.4) is 0 Å². The Morgan fingerprint density at radius 2 is 2.13 bits per heavy atom. The number of rotatable bonds is 5. The average molecular weight is 208 g/mol. The molecule has 1 aromatic carbocycles. The maximum Gasteiger partial charge on any atom is 0.306 e. The van der Waals surface area contributed by atoms with E-state index in [1.165, 1.54) is 0 Å². The molecule has 0 saturated heterocycles. The van der Waals surface area contributed by atoms with Gasteiger partial charge >= 0.3 is 5.97 Å². The Labute approximate surface area is 89.7 Å². The van der Waals surface area contributed by atoms with E-state index in [0.717, 1.165) is 11.3 Å². The lowest BCUT2D eigenvalue weighted by Gasteiger charge is -2.11. The molecule has 0 fully saturated rings. The van der Waals surface area contributed by atoms with Crippen molar-refractivity contribution in [1.82, 2.24) is 0 Å². The van der Waals surface area contributed by atoms with E-state index in [1.54, 1.807) is 6.92 Å². The SMILES string of the molecule is CCOc1ccccc1CC(C)C(=O)O. The molecule has 0 aromatic heterocycles. The summed E-state index contributed by atoms with van der Waals surface area (Å²) in [6.07, 6.45) is 0.505. The van der Waals surface area contributed by atoms with E-state index in [9.17, 15) is 4.79 Å². The molecule has 3 heteroatoms. The van der Waals surface area contributed by atoms with E-state index in [-0.39, 0.29) is 5.92 Å². The van der Waals surface area contributed by atoms with Gasteiger partial charge in [-0.1, -0.05) is 25.1 Å². The molecule has 0 radical (unpaired) electrons. The van der Waals surface area contributed by atoms with Crippen molar-refractivity contribution in [2.75, 3.05) is 6.61 Å². The Balaban J connectivity index is 2.79. The molecule has 0 aliphatic heterocycles. The molecule has 82 valence electrons. The van der Waals surface area contributed by atoms with Crippen LogP contribution in [0.5, 0.6) is 5.75 Å². The molecular formula is C12H16O3. The number of aliphatic carboxylic acids is 1. The van der Waals surface area contributed by atoms with E-state index in [4.69, 9.17) is 9.84 Å². The highest BCUT2D eigenvalue weighted by Gasteiger charge is 2.13. The minimum atomic E-state index is -0.777. The van der Waals surface area contributed by atoms with Crippen LogP contribution in [0.1, 0.15) is 19.4 Å². The second kappa shape index (κ2) is 5.39. The summed E-state index contributed by atoms with van der Waals surface area (Å²) in [5.74, 6) is -0.374. The van der Waals surface area contributed by atoms with Gasteiger partial charge in [0.05, 0.1) is 12.5 Å². The van der Waals surface area contributed by atoms with Gasteiger partial charge in [-0.05, 0) is 25.0 Å². The summed E-state index contributed by atoms with van der Waals surface area (Å²) in [5, 5.41) is 8.82. The van der Waals surface area contributed by atoms with Crippen molar-refractivity contribution < 1.29 is 14.6 Å². The maximum absolute atomic E-state index is 10.7. The maximum atomic E-state index is 10.7. The summed E-state index contributed by atoms with van der Waals surface area (Å²) < 4.78 is 5.42. The van der Waals surface area contributed by atoms with Gasteiger partial charge in [-0.25, -0.2) is 0 Å². The molecule has 3 nitrogen and oxygen atoms in total. The summed E-state index contributed by atoms with van der Waals surface area (Å²) in [4.78, 5) is 10.7. The van der Waals surface area contributed by atoms with Crippen molar-refractivity contribution in [2.45, 2.75) is 20.3 Å². The van der Waals surface area contributed by atoms with Crippen LogP contribution in [-0.2, 0) is 11.2 Å². The summed E-state index contributed by atoms with van der Waals surface area (Å²) in [7, 11) is 0. The highest BCUT2D eigenvalue weighted by atomic mass is 16.5. The standard InChI is InChI=1S/C12H16O3/c1-3-15-11-7-5-4-6-10(11)8-9(2)12(13)14/h4-7,9H,3,8H2,1-2H3,(H,13,14).